The van der Waals surface area contributed by atoms with Crippen molar-refractivity contribution in [1.82, 2.24) is 5.32 Å². The zero-order valence-corrected chi connectivity index (χ0v) is 10.4. The van der Waals surface area contributed by atoms with Crippen molar-refractivity contribution < 1.29 is 4.74 Å². The number of benzene rings is 1. The van der Waals surface area contributed by atoms with Crippen molar-refractivity contribution in [3.63, 3.8) is 0 Å². The number of hydrogen-bond donors (Lipinski definition) is 1. The zero-order chi connectivity index (χ0) is 12.0. The van der Waals surface area contributed by atoms with Gasteiger partial charge in [0.05, 0.1) is 6.61 Å². The first-order valence-electron chi connectivity index (χ1n) is 5.52. The van der Waals surface area contributed by atoms with E-state index in [4.69, 9.17) is 4.74 Å². The van der Waals surface area contributed by atoms with Gasteiger partial charge in [0.25, 0.3) is 0 Å². The minimum absolute atomic E-state index is 0.0214. The summed E-state index contributed by atoms with van der Waals surface area (Å²) in [5, 5.41) is 3.43. The van der Waals surface area contributed by atoms with Crippen LogP contribution in [0, 0.1) is 0 Å². The second-order valence-electron chi connectivity index (χ2n) is 4.64. The largest absolute Gasteiger partial charge is 0.383 e. The zero-order valence-electron chi connectivity index (χ0n) is 10.4. The molecule has 1 aromatic carbocycles. The molecule has 0 radical (unpaired) electrons. The van der Waals surface area contributed by atoms with Crippen LogP contribution < -0.4 is 5.32 Å². The lowest BCUT2D eigenvalue weighted by molar-refractivity contribution is 0.131. The summed E-state index contributed by atoms with van der Waals surface area (Å²) in [6, 6.07) is 10.2. The van der Waals surface area contributed by atoms with E-state index in [9.17, 15) is 0 Å². The molecule has 1 rings (SSSR count). The van der Waals surface area contributed by atoms with Crippen LogP contribution in [0.4, 0.5) is 0 Å². The van der Waals surface area contributed by atoms with Gasteiger partial charge in [-0.1, -0.05) is 36.9 Å². The first-order chi connectivity index (χ1) is 7.55. The molecule has 0 aliphatic rings. The Bertz CT molecular complexity index is 330. The van der Waals surface area contributed by atoms with Crippen molar-refractivity contribution in [1.29, 1.82) is 0 Å². The fourth-order valence-corrected chi connectivity index (χ4v) is 1.53. The Morgan fingerprint density at radius 3 is 2.50 bits per heavy atom. The van der Waals surface area contributed by atoms with Crippen LogP contribution in [-0.4, -0.2) is 25.8 Å². The van der Waals surface area contributed by atoms with Crippen LogP contribution >= 0.6 is 0 Å². The smallest absolute Gasteiger partial charge is 0.0639 e. The van der Waals surface area contributed by atoms with E-state index in [2.05, 4.69) is 37.9 Å². The van der Waals surface area contributed by atoms with Gasteiger partial charge in [-0.15, -0.1) is 0 Å². The maximum atomic E-state index is 5.15. The van der Waals surface area contributed by atoms with E-state index in [1.165, 1.54) is 5.56 Å². The number of rotatable bonds is 6. The van der Waals surface area contributed by atoms with Crippen molar-refractivity contribution in [2.75, 3.05) is 20.3 Å². The van der Waals surface area contributed by atoms with Gasteiger partial charge in [-0.2, -0.15) is 0 Å². The van der Waals surface area contributed by atoms with Gasteiger partial charge in [-0.05, 0) is 25.0 Å². The van der Waals surface area contributed by atoms with Gasteiger partial charge in [0, 0.05) is 19.2 Å². The van der Waals surface area contributed by atoms with E-state index in [1.54, 1.807) is 7.11 Å². The number of methoxy groups -OCH3 is 1. The Morgan fingerprint density at radius 2 is 1.94 bits per heavy atom. The first-order valence-corrected chi connectivity index (χ1v) is 5.52. The molecule has 0 spiro atoms. The molecule has 0 saturated heterocycles. The Hall–Kier alpha value is -1.12. The molecule has 16 heavy (non-hydrogen) atoms. The van der Waals surface area contributed by atoms with Crippen molar-refractivity contribution in [3.8, 4) is 0 Å². The molecular formula is C14H21NO. The van der Waals surface area contributed by atoms with Crippen LogP contribution in [0.15, 0.2) is 36.9 Å². The highest BCUT2D eigenvalue weighted by Crippen LogP contribution is 2.12. The monoisotopic (exact) mass is 219 g/mol. The summed E-state index contributed by atoms with van der Waals surface area (Å²) in [6.45, 7) is 9.79. The predicted octanol–water partition coefficient (Wildman–Crippen LogP) is 2.71. The van der Waals surface area contributed by atoms with E-state index in [0.29, 0.717) is 6.61 Å². The summed E-state index contributed by atoms with van der Waals surface area (Å²) in [4.78, 5) is 0. The van der Waals surface area contributed by atoms with Crippen LogP contribution in [0.25, 0.3) is 5.57 Å². The van der Waals surface area contributed by atoms with Crippen LogP contribution in [0.2, 0.25) is 0 Å². The molecule has 0 unspecified atom stereocenters. The quantitative estimate of drug-likeness (QED) is 0.794. The normalized spacial score (nSPS) is 11.4. The highest BCUT2D eigenvalue weighted by Gasteiger charge is 2.16. The predicted molar refractivity (Wildman–Crippen MR) is 69.4 cm³/mol. The molecule has 0 aliphatic heterocycles. The van der Waals surface area contributed by atoms with Gasteiger partial charge in [0.1, 0.15) is 0 Å². The SMILES string of the molecule is C=C(CNC(C)(C)COC)c1ccccc1. The van der Waals surface area contributed by atoms with Crippen LogP contribution in [0.1, 0.15) is 19.4 Å². The van der Waals surface area contributed by atoms with Gasteiger partial charge >= 0.3 is 0 Å². The summed E-state index contributed by atoms with van der Waals surface area (Å²) < 4.78 is 5.15. The highest BCUT2D eigenvalue weighted by molar-refractivity contribution is 5.64. The summed E-state index contributed by atoms with van der Waals surface area (Å²) in [5.41, 5.74) is 2.26. The lowest BCUT2D eigenvalue weighted by atomic mass is 10.0. The number of ether oxygens (including phenoxy) is 1. The van der Waals surface area contributed by atoms with E-state index >= 15 is 0 Å². The highest BCUT2D eigenvalue weighted by atomic mass is 16.5. The molecule has 0 saturated carbocycles. The van der Waals surface area contributed by atoms with Crippen molar-refractivity contribution in [3.05, 3.63) is 42.5 Å². The molecule has 0 bridgehead atoms. The second kappa shape index (κ2) is 5.83. The lowest BCUT2D eigenvalue weighted by Gasteiger charge is -2.26. The molecular weight excluding hydrogens is 198 g/mol. The van der Waals surface area contributed by atoms with E-state index in [0.717, 1.165) is 12.1 Å². The average Bonchev–Trinajstić information content (AvgIpc) is 2.27. The Balaban J connectivity index is 2.48. The molecule has 1 N–H and O–H groups in total. The van der Waals surface area contributed by atoms with Gasteiger partial charge in [-0.3, -0.25) is 0 Å². The van der Waals surface area contributed by atoms with E-state index in [1.807, 2.05) is 18.2 Å². The van der Waals surface area contributed by atoms with Gasteiger partial charge in [0.2, 0.25) is 0 Å². The summed E-state index contributed by atoms with van der Waals surface area (Å²) in [7, 11) is 1.72. The molecule has 2 nitrogen and oxygen atoms in total. The summed E-state index contributed by atoms with van der Waals surface area (Å²) >= 11 is 0. The topological polar surface area (TPSA) is 21.3 Å². The average molecular weight is 219 g/mol. The summed E-state index contributed by atoms with van der Waals surface area (Å²) in [5.74, 6) is 0. The Kier molecular flexibility index (Phi) is 4.71. The minimum Gasteiger partial charge on any atom is -0.383 e. The van der Waals surface area contributed by atoms with Crippen molar-refractivity contribution in [2.45, 2.75) is 19.4 Å². The maximum Gasteiger partial charge on any atom is 0.0639 e. The number of nitrogens with one attached hydrogen (secondary N) is 1. The third-order valence-electron chi connectivity index (χ3n) is 2.47. The fraction of sp³-hybridized carbons (Fsp3) is 0.429. The standard InChI is InChI=1S/C14H21NO/c1-12(13-8-6-5-7-9-13)10-15-14(2,3)11-16-4/h5-9,15H,1,10-11H2,2-4H3. The van der Waals surface area contributed by atoms with Crippen LogP contribution in [-0.2, 0) is 4.74 Å². The molecule has 2 heteroatoms. The summed E-state index contributed by atoms with van der Waals surface area (Å²) in [6.07, 6.45) is 0. The molecule has 88 valence electrons. The third kappa shape index (κ3) is 4.17. The lowest BCUT2D eigenvalue weighted by Crippen LogP contribution is -2.43. The molecule has 0 aliphatic carbocycles. The van der Waals surface area contributed by atoms with Crippen molar-refractivity contribution in [2.24, 2.45) is 0 Å². The number of hydrogen-bond acceptors (Lipinski definition) is 2. The van der Waals surface area contributed by atoms with Gasteiger partial charge in [-0.25, -0.2) is 0 Å². The molecule has 0 atom stereocenters. The van der Waals surface area contributed by atoms with Crippen molar-refractivity contribution >= 4 is 5.57 Å². The second-order valence-corrected chi connectivity index (χ2v) is 4.64. The molecule has 1 aromatic rings. The van der Waals surface area contributed by atoms with Crippen LogP contribution in [0.5, 0.6) is 0 Å². The maximum absolute atomic E-state index is 5.15. The minimum atomic E-state index is -0.0214. The van der Waals surface area contributed by atoms with E-state index in [-0.39, 0.29) is 5.54 Å². The third-order valence-corrected chi connectivity index (χ3v) is 2.47. The fourth-order valence-electron chi connectivity index (χ4n) is 1.53. The Labute approximate surface area is 98.3 Å². The van der Waals surface area contributed by atoms with Gasteiger partial charge < -0.3 is 10.1 Å². The van der Waals surface area contributed by atoms with Crippen LogP contribution in [0.3, 0.4) is 0 Å². The molecule has 0 heterocycles. The Morgan fingerprint density at radius 1 is 1.31 bits per heavy atom. The molecule has 0 aromatic heterocycles. The first kappa shape index (κ1) is 12.9. The van der Waals surface area contributed by atoms with E-state index < -0.39 is 0 Å². The molecule has 0 amide bonds. The van der Waals surface area contributed by atoms with Gasteiger partial charge in [0.15, 0.2) is 0 Å². The molecule has 0 fully saturated rings.